The molecule has 0 aliphatic heterocycles. The van der Waals surface area contributed by atoms with Gasteiger partial charge in [0.15, 0.2) is 0 Å². The van der Waals surface area contributed by atoms with Crippen LogP contribution in [-0.2, 0) is 9.59 Å². The molecule has 0 aromatic heterocycles. The van der Waals surface area contributed by atoms with Gasteiger partial charge in [0.1, 0.15) is 0 Å². The first-order chi connectivity index (χ1) is 4.80. The maximum Gasteiger partial charge on any atom is 0.358 e. The van der Waals surface area contributed by atoms with Crippen molar-refractivity contribution in [2.45, 2.75) is 12.0 Å². The fourth-order valence-electron chi connectivity index (χ4n) is 0.313. The van der Waals surface area contributed by atoms with E-state index in [4.69, 9.17) is 5.11 Å². The Morgan fingerprint density at radius 1 is 1.36 bits per heavy atom. The molecule has 5 N–H and O–H groups in total. The minimum absolute atomic E-state index is 1.70. The number of carbonyl (C=O) groups excluding carboxylic acids is 2. The molecule has 1 atom stereocenters. The third kappa shape index (κ3) is 1.84. The third-order valence-electron chi connectivity index (χ3n) is 0.941. The largest absolute Gasteiger partial charge is 0.377 e. The molecule has 1 unspecified atom stereocenters. The van der Waals surface area contributed by atoms with E-state index in [0.29, 0.717) is 0 Å². The van der Waals surface area contributed by atoms with E-state index >= 15 is 0 Å². The van der Waals surface area contributed by atoms with E-state index in [1.807, 2.05) is 0 Å². The lowest BCUT2D eigenvalue weighted by Gasteiger charge is -2.15. The van der Waals surface area contributed by atoms with E-state index in [1.165, 1.54) is 0 Å². The average Bonchev–Trinajstić information content (AvgIpc) is 1.85. The monoisotopic (exact) mass is 168 g/mol. The Hall–Kier alpha value is -1.24. The zero-order valence-electron chi connectivity index (χ0n) is 5.25. The molecule has 0 fully saturated rings. The summed E-state index contributed by atoms with van der Waals surface area (Å²) in [6, 6.07) is 0. The lowest BCUT2D eigenvalue weighted by Crippen LogP contribution is -2.51. The molecule has 0 radical (unpaired) electrons. The van der Waals surface area contributed by atoms with Gasteiger partial charge in [0.05, 0.1) is 0 Å². The quantitative estimate of drug-likeness (QED) is 0.451. The van der Waals surface area contributed by atoms with Crippen LogP contribution in [0.2, 0.25) is 0 Å². The van der Waals surface area contributed by atoms with Crippen molar-refractivity contribution in [2.75, 3.05) is 0 Å². The van der Waals surface area contributed by atoms with Crippen molar-refractivity contribution >= 4 is 11.8 Å². The van der Waals surface area contributed by atoms with Gasteiger partial charge in [-0.25, -0.2) is 0 Å². The molecule has 0 saturated heterocycles. The number of amides is 2. The summed E-state index contributed by atoms with van der Waals surface area (Å²) in [5.74, 6) is -8.09. The first kappa shape index (κ1) is 9.76. The predicted octanol–water partition coefficient (Wildman–Crippen LogP) is -2.05. The molecule has 0 aliphatic carbocycles. The first-order valence-electron chi connectivity index (χ1n) is 2.45. The molecule has 0 aliphatic rings. The summed E-state index contributed by atoms with van der Waals surface area (Å²) >= 11 is 0. The van der Waals surface area contributed by atoms with Crippen LogP contribution in [0.4, 0.5) is 8.78 Å². The molecule has 11 heavy (non-hydrogen) atoms. The standard InChI is InChI=1S/C4H6F2N2O3/c5-4(6,3(8)11)1(9)2(7)10/h1,9H,(H2,7,10)(H2,8,11). The Morgan fingerprint density at radius 2 is 1.73 bits per heavy atom. The topological polar surface area (TPSA) is 106 Å². The summed E-state index contributed by atoms with van der Waals surface area (Å²) in [5, 5.41) is 8.30. The number of aliphatic hydroxyl groups is 1. The van der Waals surface area contributed by atoms with Gasteiger partial charge in [-0.1, -0.05) is 0 Å². The van der Waals surface area contributed by atoms with Crippen LogP contribution in [0.5, 0.6) is 0 Å². The van der Waals surface area contributed by atoms with Crippen LogP contribution in [-0.4, -0.2) is 28.9 Å². The second-order valence-corrected chi connectivity index (χ2v) is 1.79. The molecule has 0 aromatic rings. The van der Waals surface area contributed by atoms with Gasteiger partial charge in [-0.2, -0.15) is 8.78 Å². The minimum atomic E-state index is -4.30. The van der Waals surface area contributed by atoms with Crippen LogP contribution < -0.4 is 11.5 Å². The summed E-state index contributed by atoms with van der Waals surface area (Å²) in [7, 11) is 0. The van der Waals surface area contributed by atoms with Crippen molar-refractivity contribution in [1.82, 2.24) is 0 Å². The Bertz CT molecular complexity index is 194. The van der Waals surface area contributed by atoms with Crippen LogP contribution in [0.1, 0.15) is 0 Å². The average molecular weight is 168 g/mol. The van der Waals surface area contributed by atoms with Gasteiger partial charge in [-0.05, 0) is 0 Å². The molecule has 0 spiro atoms. The predicted molar refractivity (Wildman–Crippen MR) is 29.3 cm³/mol. The first-order valence-corrected chi connectivity index (χ1v) is 2.45. The molecular weight excluding hydrogens is 162 g/mol. The Balaban J connectivity index is 4.55. The van der Waals surface area contributed by atoms with Crippen molar-refractivity contribution in [3.05, 3.63) is 0 Å². The second-order valence-electron chi connectivity index (χ2n) is 1.79. The molecule has 0 aromatic carbocycles. The van der Waals surface area contributed by atoms with E-state index in [2.05, 4.69) is 11.5 Å². The van der Waals surface area contributed by atoms with Crippen LogP contribution >= 0.6 is 0 Å². The van der Waals surface area contributed by atoms with Crippen LogP contribution in [0.3, 0.4) is 0 Å². The minimum Gasteiger partial charge on any atom is -0.377 e. The molecule has 0 bridgehead atoms. The molecular formula is C4H6F2N2O3. The number of alkyl halides is 2. The van der Waals surface area contributed by atoms with Gasteiger partial charge >= 0.3 is 5.92 Å². The van der Waals surface area contributed by atoms with Gasteiger partial charge in [0.25, 0.3) is 11.8 Å². The highest BCUT2D eigenvalue weighted by Crippen LogP contribution is 2.17. The highest BCUT2D eigenvalue weighted by atomic mass is 19.3. The number of primary amides is 2. The number of hydrogen-bond donors (Lipinski definition) is 3. The SMILES string of the molecule is NC(=O)C(O)C(F)(F)C(N)=O. The third-order valence-corrected chi connectivity index (χ3v) is 0.941. The summed E-state index contributed by atoms with van der Waals surface area (Å²) in [6.07, 6.45) is -2.86. The maximum absolute atomic E-state index is 12.2. The van der Waals surface area contributed by atoms with Crippen LogP contribution in [0.15, 0.2) is 0 Å². The van der Waals surface area contributed by atoms with Crippen molar-refractivity contribution < 1.29 is 23.5 Å². The van der Waals surface area contributed by atoms with E-state index in [0.717, 1.165) is 0 Å². The molecule has 0 rings (SSSR count). The molecule has 0 saturated carbocycles. The van der Waals surface area contributed by atoms with Crippen LogP contribution in [0, 0.1) is 0 Å². The number of halogens is 2. The van der Waals surface area contributed by atoms with Crippen LogP contribution in [0.25, 0.3) is 0 Å². The van der Waals surface area contributed by atoms with Crippen molar-refractivity contribution in [2.24, 2.45) is 11.5 Å². The van der Waals surface area contributed by atoms with E-state index in [9.17, 15) is 18.4 Å². The Morgan fingerprint density at radius 3 is 1.82 bits per heavy atom. The summed E-state index contributed by atoms with van der Waals surface area (Å²) in [4.78, 5) is 19.8. The number of hydrogen-bond acceptors (Lipinski definition) is 3. The summed E-state index contributed by atoms with van der Waals surface area (Å²) < 4.78 is 24.3. The zero-order chi connectivity index (χ0) is 9.23. The van der Waals surface area contributed by atoms with Gasteiger partial charge in [-0.15, -0.1) is 0 Å². The number of rotatable bonds is 3. The summed E-state index contributed by atoms with van der Waals surface area (Å²) in [5.41, 5.74) is 8.44. The highest BCUT2D eigenvalue weighted by molar-refractivity contribution is 5.91. The normalized spacial score (nSPS) is 14.1. The van der Waals surface area contributed by atoms with Crippen molar-refractivity contribution in [3.8, 4) is 0 Å². The summed E-state index contributed by atoms with van der Waals surface area (Å²) in [6.45, 7) is 0. The van der Waals surface area contributed by atoms with Crippen molar-refractivity contribution in [1.29, 1.82) is 0 Å². The van der Waals surface area contributed by atoms with Gasteiger partial charge in [0.2, 0.25) is 6.10 Å². The van der Waals surface area contributed by atoms with Gasteiger partial charge in [-0.3, -0.25) is 9.59 Å². The number of nitrogens with two attached hydrogens (primary N) is 2. The maximum atomic E-state index is 12.2. The molecule has 2 amide bonds. The number of carbonyl (C=O) groups is 2. The molecule has 5 nitrogen and oxygen atoms in total. The second kappa shape index (κ2) is 2.79. The zero-order valence-corrected chi connectivity index (χ0v) is 5.25. The Labute approximate surface area is 60.0 Å². The van der Waals surface area contributed by atoms with Gasteiger partial charge in [0, 0.05) is 0 Å². The van der Waals surface area contributed by atoms with E-state index < -0.39 is 23.8 Å². The molecule has 0 heterocycles. The fraction of sp³-hybridized carbons (Fsp3) is 0.500. The molecule has 64 valence electrons. The smallest absolute Gasteiger partial charge is 0.358 e. The van der Waals surface area contributed by atoms with E-state index in [1.54, 1.807) is 0 Å². The van der Waals surface area contributed by atoms with Crippen molar-refractivity contribution in [3.63, 3.8) is 0 Å². The van der Waals surface area contributed by atoms with E-state index in [-0.39, 0.29) is 0 Å². The van der Waals surface area contributed by atoms with Gasteiger partial charge < -0.3 is 16.6 Å². The lowest BCUT2D eigenvalue weighted by atomic mass is 10.2. The fourth-order valence-corrected chi connectivity index (χ4v) is 0.313. The highest BCUT2D eigenvalue weighted by Gasteiger charge is 2.48. The number of aliphatic hydroxyl groups excluding tert-OH is 1. The Kier molecular flexibility index (Phi) is 2.47. The lowest BCUT2D eigenvalue weighted by molar-refractivity contribution is -0.166. The molecule has 7 heteroatoms.